The number of carbonyl (C=O) groups is 1. The van der Waals surface area contributed by atoms with Crippen molar-refractivity contribution >= 4 is 5.91 Å². The number of carbonyl (C=O) groups excluding carboxylic acids is 1. The van der Waals surface area contributed by atoms with E-state index in [-0.39, 0.29) is 36.2 Å². The molecule has 5 nitrogen and oxygen atoms in total. The highest BCUT2D eigenvalue weighted by Gasteiger charge is 2.47. The van der Waals surface area contributed by atoms with Gasteiger partial charge in [-0.1, -0.05) is 6.08 Å². The predicted molar refractivity (Wildman–Crippen MR) is 91.5 cm³/mol. The maximum absolute atomic E-state index is 14.5. The summed E-state index contributed by atoms with van der Waals surface area (Å²) < 4.78 is 28.0. The molecule has 0 aromatic carbocycles. The molecule has 1 amide bonds. The Morgan fingerprint density at radius 2 is 2.08 bits per heavy atom. The minimum atomic E-state index is -1.16. The minimum Gasteiger partial charge on any atom is -0.363 e. The second-order valence-corrected chi connectivity index (χ2v) is 7.80. The summed E-state index contributed by atoms with van der Waals surface area (Å²) >= 11 is 0. The maximum Gasteiger partial charge on any atom is 0.264 e. The van der Waals surface area contributed by atoms with Gasteiger partial charge in [0, 0.05) is 30.7 Å². The quantitative estimate of drug-likeness (QED) is 0.792. The molecule has 0 aromatic rings. The van der Waals surface area contributed by atoms with Crippen molar-refractivity contribution in [1.29, 1.82) is 5.26 Å². The Morgan fingerprint density at radius 3 is 2.77 bits per heavy atom. The lowest BCUT2D eigenvalue weighted by Crippen LogP contribution is -2.55. The van der Waals surface area contributed by atoms with Crippen molar-refractivity contribution in [2.75, 3.05) is 6.54 Å². The second-order valence-electron chi connectivity index (χ2n) is 7.80. The van der Waals surface area contributed by atoms with Crippen LogP contribution in [-0.2, 0) is 4.79 Å². The molecule has 140 valence electrons. The van der Waals surface area contributed by atoms with Crippen LogP contribution in [0.2, 0.25) is 0 Å². The van der Waals surface area contributed by atoms with Crippen molar-refractivity contribution < 1.29 is 13.6 Å². The minimum absolute atomic E-state index is 0.0365. The number of amides is 1. The maximum atomic E-state index is 14.5. The molecule has 6 unspecified atom stereocenters. The van der Waals surface area contributed by atoms with Gasteiger partial charge in [-0.3, -0.25) is 9.80 Å². The number of nitriles is 1. The molecular formula is C19H24F2N4O. The summed E-state index contributed by atoms with van der Waals surface area (Å²) in [6, 6.07) is 2.29. The van der Waals surface area contributed by atoms with E-state index in [4.69, 9.17) is 5.26 Å². The molecule has 0 aromatic heterocycles. The predicted octanol–water partition coefficient (Wildman–Crippen LogP) is 2.49. The Kier molecular flexibility index (Phi) is 4.70. The first-order valence-corrected chi connectivity index (χ1v) is 9.49. The summed E-state index contributed by atoms with van der Waals surface area (Å²) in [6.07, 6.45) is 4.20. The lowest BCUT2D eigenvalue weighted by atomic mass is 9.76. The number of hydrogen-bond donors (Lipinski definition) is 2. The van der Waals surface area contributed by atoms with Gasteiger partial charge in [-0.15, -0.1) is 0 Å². The largest absolute Gasteiger partial charge is 0.363 e. The average Bonchev–Trinajstić information content (AvgIpc) is 3.06. The normalized spacial score (nSPS) is 40.2. The van der Waals surface area contributed by atoms with Gasteiger partial charge in [0.2, 0.25) is 0 Å². The first kappa shape index (κ1) is 17.5. The van der Waals surface area contributed by atoms with E-state index >= 15 is 0 Å². The van der Waals surface area contributed by atoms with Crippen LogP contribution in [0.4, 0.5) is 8.78 Å². The summed E-state index contributed by atoms with van der Waals surface area (Å²) in [5.74, 6) is -0.419. The molecule has 7 heteroatoms. The van der Waals surface area contributed by atoms with Crippen LogP contribution in [0.15, 0.2) is 23.4 Å². The van der Waals surface area contributed by atoms with Gasteiger partial charge in [0.25, 0.3) is 5.91 Å². The van der Waals surface area contributed by atoms with Crippen molar-refractivity contribution in [3.05, 3.63) is 23.4 Å². The van der Waals surface area contributed by atoms with E-state index in [0.717, 1.165) is 24.1 Å². The van der Waals surface area contributed by atoms with Crippen molar-refractivity contribution in [1.82, 2.24) is 15.8 Å². The summed E-state index contributed by atoms with van der Waals surface area (Å²) in [6.45, 7) is 0.516. The zero-order valence-corrected chi connectivity index (χ0v) is 14.6. The molecule has 2 aliphatic heterocycles. The van der Waals surface area contributed by atoms with Crippen LogP contribution in [0.3, 0.4) is 0 Å². The number of hydrogen-bond acceptors (Lipinski definition) is 4. The Morgan fingerprint density at radius 1 is 1.23 bits per heavy atom. The van der Waals surface area contributed by atoms with Gasteiger partial charge in [0.05, 0.1) is 12.0 Å². The standard InChI is InChI=1S/C19H24F2N4O/c20-13-5-6-14(16(21)7-13)15-10-23-25-18(26)8-17(24-19(15)25)12-3-1-11(9-22)2-4-12/h3,8,11,13-16,19,23-24H,1-2,4-7,10H2. The highest BCUT2D eigenvalue weighted by molar-refractivity contribution is 5.90. The number of alkyl halides is 2. The zero-order valence-electron chi connectivity index (χ0n) is 14.6. The Bertz CT molecular complexity index is 686. The number of halogens is 2. The highest BCUT2D eigenvalue weighted by atomic mass is 19.1. The fourth-order valence-electron chi connectivity index (χ4n) is 4.73. The fourth-order valence-corrected chi connectivity index (χ4v) is 4.73. The molecule has 2 N–H and O–H groups in total. The molecule has 2 aliphatic carbocycles. The lowest BCUT2D eigenvalue weighted by molar-refractivity contribution is -0.132. The van der Waals surface area contributed by atoms with E-state index in [1.807, 2.05) is 6.08 Å². The molecule has 2 heterocycles. The van der Waals surface area contributed by atoms with E-state index < -0.39 is 12.3 Å². The monoisotopic (exact) mass is 362 g/mol. The summed E-state index contributed by atoms with van der Waals surface area (Å²) in [7, 11) is 0. The van der Waals surface area contributed by atoms with Crippen LogP contribution < -0.4 is 10.7 Å². The molecule has 0 bridgehead atoms. The SMILES string of the molecule is N#CC1CC=C(C2=CC(=O)N3NCC(C4CCC(F)CC4F)C3N2)CC1. The summed E-state index contributed by atoms with van der Waals surface area (Å²) in [5, 5.41) is 14.0. The van der Waals surface area contributed by atoms with Crippen molar-refractivity contribution in [2.24, 2.45) is 17.8 Å². The van der Waals surface area contributed by atoms with Crippen LogP contribution in [-0.4, -0.2) is 36.0 Å². The summed E-state index contributed by atoms with van der Waals surface area (Å²) in [5.41, 5.74) is 4.92. The molecule has 0 spiro atoms. The van der Waals surface area contributed by atoms with E-state index in [2.05, 4.69) is 16.8 Å². The van der Waals surface area contributed by atoms with Crippen molar-refractivity contribution in [2.45, 2.75) is 57.0 Å². The third kappa shape index (κ3) is 3.11. The van der Waals surface area contributed by atoms with Crippen LogP contribution in [0, 0.1) is 29.1 Å². The molecule has 6 atom stereocenters. The number of nitrogens with zero attached hydrogens (tertiary/aromatic N) is 2. The van der Waals surface area contributed by atoms with Crippen molar-refractivity contribution in [3.8, 4) is 6.07 Å². The summed E-state index contributed by atoms with van der Waals surface area (Å²) in [4.78, 5) is 12.5. The van der Waals surface area contributed by atoms with Gasteiger partial charge in [0.1, 0.15) is 18.5 Å². The topological polar surface area (TPSA) is 68.2 Å². The van der Waals surface area contributed by atoms with Gasteiger partial charge in [-0.05, 0) is 43.6 Å². The van der Waals surface area contributed by atoms with Gasteiger partial charge in [-0.2, -0.15) is 5.26 Å². The Labute approximate surface area is 152 Å². The number of rotatable bonds is 2. The van der Waals surface area contributed by atoms with E-state index in [1.54, 1.807) is 11.1 Å². The number of nitrogens with one attached hydrogen (secondary N) is 2. The third-order valence-corrected chi connectivity index (χ3v) is 6.24. The van der Waals surface area contributed by atoms with Gasteiger partial charge in [0.15, 0.2) is 0 Å². The third-order valence-electron chi connectivity index (χ3n) is 6.24. The molecule has 26 heavy (non-hydrogen) atoms. The molecule has 4 aliphatic rings. The molecule has 1 saturated carbocycles. The van der Waals surface area contributed by atoms with Crippen molar-refractivity contribution in [3.63, 3.8) is 0 Å². The molecular weight excluding hydrogens is 338 g/mol. The Balaban J connectivity index is 1.51. The Hall–Kier alpha value is -1.94. The number of hydrazine groups is 1. The fraction of sp³-hybridized carbons (Fsp3) is 0.684. The lowest BCUT2D eigenvalue weighted by Gasteiger charge is -2.39. The first-order valence-electron chi connectivity index (χ1n) is 9.49. The molecule has 0 radical (unpaired) electrons. The van der Waals surface area contributed by atoms with Crippen LogP contribution in [0.25, 0.3) is 0 Å². The molecule has 4 rings (SSSR count). The van der Waals surface area contributed by atoms with Crippen LogP contribution in [0.1, 0.15) is 38.5 Å². The van der Waals surface area contributed by atoms with E-state index in [9.17, 15) is 13.6 Å². The van der Waals surface area contributed by atoms with Crippen LogP contribution in [0.5, 0.6) is 0 Å². The van der Waals surface area contributed by atoms with E-state index in [1.165, 1.54) is 0 Å². The first-order chi connectivity index (χ1) is 12.6. The zero-order chi connectivity index (χ0) is 18.3. The number of allylic oxidation sites excluding steroid dienone is 2. The van der Waals surface area contributed by atoms with Gasteiger partial charge in [-0.25, -0.2) is 14.2 Å². The smallest absolute Gasteiger partial charge is 0.264 e. The molecule has 1 saturated heterocycles. The van der Waals surface area contributed by atoms with E-state index in [0.29, 0.717) is 25.8 Å². The highest BCUT2D eigenvalue weighted by Crippen LogP contribution is 2.39. The van der Waals surface area contributed by atoms with Crippen LogP contribution >= 0.6 is 0 Å². The molecule has 2 fully saturated rings. The van der Waals surface area contributed by atoms with Gasteiger partial charge < -0.3 is 5.32 Å². The van der Waals surface area contributed by atoms with Gasteiger partial charge >= 0.3 is 0 Å². The second kappa shape index (κ2) is 6.99. The number of fused-ring (bicyclic) bond motifs is 1. The average molecular weight is 362 g/mol.